The Morgan fingerprint density at radius 1 is 1.33 bits per heavy atom. The number of ether oxygens (including phenoxy) is 3. The van der Waals surface area contributed by atoms with Crippen molar-refractivity contribution < 1.29 is 31.6 Å². The van der Waals surface area contributed by atoms with Gasteiger partial charge in [-0.2, -0.15) is 4.21 Å². The van der Waals surface area contributed by atoms with E-state index in [2.05, 4.69) is 10.0 Å². The third-order valence-electron chi connectivity index (χ3n) is 4.12. The highest BCUT2D eigenvalue weighted by Gasteiger charge is 2.45. The molecule has 2 aliphatic rings. The lowest BCUT2D eigenvalue weighted by atomic mass is 10.0. The number of carbonyl (C=O) groups is 1. The van der Waals surface area contributed by atoms with Gasteiger partial charge in [0.05, 0.1) is 25.4 Å². The van der Waals surface area contributed by atoms with Crippen LogP contribution >= 0.6 is 0 Å². The molecule has 0 amide bonds. The number of nitrogens with zero attached hydrogens (tertiary/aromatic N) is 3. The van der Waals surface area contributed by atoms with Gasteiger partial charge in [0.25, 0.3) is 0 Å². The molecular formula is C16H19N3O7S. The molecule has 0 radical (unpaired) electrons. The molecule has 11 heteroatoms. The van der Waals surface area contributed by atoms with E-state index >= 15 is 0 Å². The summed E-state index contributed by atoms with van der Waals surface area (Å²) in [4.78, 5) is 14.8. The molecule has 10 nitrogen and oxygen atoms in total. The van der Waals surface area contributed by atoms with Crippen LogP contribution in [0.2, 0.25) is 0 Å². The van der Waals surface area contributed by atoms with E-state index in [9.17, 15) is 9.00 Å². The molecule has 2 saturated heterocycles. The molecule has 2 fully saturated rings. The predicted molar refractivity (Wildman–Crippen MR) is 92.1 cm³/mol. The summed E-state index contributed by atoms with van der Waals surface area (Å²) in [5.41, 5.74) is 9.60. The van der Waals surface area contributed by atoms with E-state index in [0.29, 0.717) is 0 Å². The Balaban J connectivity index is 1.74. The van der Waals surface area contributed by atoms with Crippen LogP contribution in [-0.2, 0) is 38.7 Å². The normalized spacial score (nSPS) is 33.2. The number of carbonyl (C=O) groups excluding carboxylic acids is 1. The monoisotopic (exact) mass is 397 g/mol. The molecule has 0 aromatic heterocycles. The Morgan fingerprint density at radius 2 is 2.11 bits per heavy atom. The fourth-order valence-corrected chi connectivity index (χ4v) is 3.68. The highest BCUT2D eigenvalue weighted by molar-refractivity contribution is 7.75. The number of hydrogen-bond acceptors (Lipinski definition) is 8. The van der Waals surface area contributed by atoms with Crippen molar-refractivity contribution in [3.63, 3.8) is 0 Å². The van der Waals surface area contributed by atoms with Gasteiger partial charge in [0, 0.05) is 16.9 Å². The summed E-state index contributed by atoms with van der Waals surface area (Å²) in [5.74, 6) is -0.666. The standard InChI is InChI=1S/C16H19N3O7S/c1-2-22-15(20)14-13(25-27(21)26-14)8-12-11(18-19-17)9-23-16(24-12)10-6-4-3-5-7-10/h3-7,11-14,16H,2,8-9H2,1H3/t11-,12-,13-,14+,16?,27?/m0/s1. The summed E-state index contributed by atoms with van der Waals surface area (Å²) in [5, 5.41) is 3.70. The van der Waals surface area contributed by atoms with Crippen LogP contribution in [-0.4, -0.2) is 47.7 Å². The fraction of sp³-hybridized carbons (Fsp3) is 0.562. The summed E-state index contributed by atoms with van der Waals surface area (Å²) in [6, 6.07) is 8.64. The van der Waals surface area contributed by atoms with Crippen LogP contribution in [0, 0.1) is 0 Å². The topological polar surface area (TPSA) is 129 Å². The summed E-state index contributed by atoms with van der Waals surface area (Å²) in [6.45, 7) is 1.95. The van der Waals surface area contributed by atoms with Crippen LogP contribution in [0.3, 0.4) is 0 Å². The third-order valence-corrected chi connectivity index (χ3v) is 4.89. The van der Waals surface area contributed by atoms with Gasteiger partial charge in [-0.25, -0.2) is 4.79 Å². The Hall–Kier alpha value is -2.01. The lowest BCUT2D eigenvalue weighted by molar-refractivity contribution is -0.229. The first kappa shape index (κ1) is 19.7. The molecule has 0 N–H and O–H groups in total. The van der Waals surface area contributed by atoms with Crippen molar-refractivity contribution in [3.8, 4) is 0 Å². The van der Waals surface area contributed by atoms with Crippen LogP contribution in [0.4, 0.5) is 0 Å². The highest BCUT2D eigenvalue weighted by Crippen LogP contribution is 2.32. The quantitative estimate of drug-likeness (QED) is 0.311. The van der Waals surface area contributed by atoms with Crippen molar-refractivity contribution in [2.24, 2.45) is 5.11 Å². The average Bonchev–Trinajstić information content (AvgIpc) is 3.04. The van der Waals surface area contributed by atoms with Crippen molar-refractivity contribution in [1.82, 2.24) is 0 Å². The minimum Gasteiger partial charge on any atom is -0.464 e. The SMILES string of the molecule is CCOC(=O)[C@@H]1OS(=O)O[C@H]1C[C@@H]1OC(c2ccccc2)OC[C@@H]1N=[N+]=[N-]. The van der Waals surface area contributed by atoms with Crippen molar-refractivity contribution >= 4 is 17.3 Å². The van der Waals surface area contributed by atoms with Gasteiger partial charge >= 0.3 is 17.3 Å². The number of rotatable bonds is 6. The largest absolute Gasteiger partial charge is 0.464 e. The van der Waals surface area contributed by atoms with Crippen molar-refractivity contribution in [3.05, 3.63) is 46.3 Å². The molecule has 2 aliphatic heterocycles. The van der Waals surface area contributed by atoms with Gasteiger partial charge in [-0.1, -0.05) is 35.4 Å². The molecule has 2 heterocycles. The minimum atomic E-state index is -2.06. The smallest absolute Gasteiger partial charge is 0.339 e. The van der Waals surface area contributed by atoms with E-state index in [1.807, 2.05) is 30.3 Å². The van der Waals surface area contributed by atoms with E-state index in [4.69, 9.17) is 28.1 Å². The first-order valence-corrected chi connectivity index (χ1v) is 9.41. The van der Waals surface area contributed by atoms with Crippen LogP contribution in [0.1, 0.15) is 25.2 Å². The first-order chi connectivity index (χ1) is 13.1. The number of esters is 1. The second kappa shape index (κ2) is 9.27. The van der Waals surface area contributed by atoms with Crippen LogP contribution in [0.5, 0.6) is 0 Å². The summed E-state index contributed by atoms with van der Waals surface area (Å²) >= 11 is -2.06. The van der Waals surface area contributed by atoms with Gasteiger partial charge in [0.1, 0.15) is 6.10 Å². The molecule has 0 bridgehead atoms. The van der Waals surface area contributed by atoms with Gasteiger partial charge in [-0.3, -0.25) is 8.37 Å². The Bertz CT molecular complexity index is 728. The highest BCUT2D eigenvalue weighted by atomic mass is 32.2. The van der Waals surface area contributed by atoms with E-state index in [1.165, 1.54) is 0 Å². The Kier molecular flexibility index (Phi) is 6.78. The van der Waals surface area contributed by atoms with Crippen LogP contribution in [0.25, 0.3) is 10.4 Å². The molecule has 1 aromatic carbocycles. The molecular weight excluding hydrogens is 378 g/mol. The fourth-order valence-electron chi connectivity index (χ4n) is 2.88. The maximum atomic E-state index is 12.0. The van der Waals surface area contributed by atoms with Gasteiger partial charge in [0.15, 0.2) is 6.29 Å². The van der Waals surface area contributed by atoms with E-state index in [0.717, 1.165) is 5.56 Å². The minimum absolute atomic E-state index is 0.117. The molecule has 27 heavy (non-hydrogen) atoms. The number of hydrogen-bond donors (Lipinski definition) is 0. The van der Waals surface area contributed by atoms with E-state index in [1.54, 1.807) is 6.92 Å². The lowest BCUT2D eigenvalue weighted by Gasteiger charge is -2.35. The maximum absolute atomic E-state index is 12.0. The summed E-state index contributed by atoms with van der Waals surface area (Å²) in [6.07, 6.45) is -3.17. The lowest BCUT2D eigenvalue weighted by Crippen LogP contribution is -2.44. The first-order valence-electron chi connectivity index (χ1n) is 8.41. The summed E-state index contributed by atoms with van der Waals surface area (Å²) in [7, 11) is 0. The Labute approximate surface area is 158 Å². The number of benzene rings is 1. The van der Waals surface area contributed by atoms with E-state index in [-0.39, 0.29) is 19.6 Å². The molecule has 3 rings (SSSR count). The van der Waals surface area contributed by atoms with Gasteiger partial charge in [0.2, 0.25) is 6.10 Å². The number of azide groups is 1. The Morgan fingerprint density at radius 3 is 2.81 bits per heavy atom. The molecule has 1 aromatic rings. The summed E-state index contributed by atoms with van der Waals surface area (Å²) < 4.78 is 38.4. The molecule has 146 valence electrons. The van der Waals surface area contributed by atoms with Gasteiger partial charge in [-0.05, 0) is 12.5 Å². The second-order valence-corrected chi connectivity index (χ2v) is 6.66. The molecule has 2 unspecified atom stereocenters. The second-order valence-electron chi connectivity index (χ2n) is 5.87. The molecule has 6 atom stereocenters. The average molecular weight is 397 g/mol. The molecule has 0 saturated carbocycles. The van der Waals surface area contributed by atoms with Crippen LogP contribution < -0.4 is 0 Å². The third kappa shape index (κ3) is 4.83. The zero-order chi connectivity index (χ0) is 19.2. The maximum Gasteiger partial charge on any atom is 0.339 e. The molecule has 0 aliphatic carbocycles. The zero-order valence-electron chi connectivity index (χ0n) is 14.5. The van der Waals surface area contributed by atoms with Crippen LogP contribution in [0.15, 0.2) is 35.4 Å². The molecule has 0 spiro atoms. The van der Waals surface area contributed by atoms with Gasteiger partial charge in [-0.15, -0.1) is 0 Å². The zero-order valence-corrected chi connectivity index (χ0v) is 15.3. The predicted octanol–water partition coefficient (Wildman–Crippen LogP) is 2.10. The van der Waals surface area contributed by atoms with Crippen molar-refractivity contribution in [2.75, 3.05) is 13.2 Å². The van der Waals surface area contributed by atoms with Crippen molar-refractivity contribution in [1.29, 1.82) is 0 Å². The van der Waals surface area contributed by atoms with Gasteiger partial charge < -0.3 is 14.2 Å². The van der Waals surface area contributed by atoms with Crippen molar-refractivity contribution in [2.45, 2.75) is 44.0 Å². The van der Waals surface area contributed by atoms with E-state index < -0.39 is 48.0 Å².